The molecule has 1 aromatic rings. The van der Waals surface area contributed by atoms with Gasteiger partial charge in [0.05, 0.1) is 0 Å². The van der Waals surface area contributed by atoms with Crippen molar-refractivity contribution < 1.29 is 4.74 Å². The van der Waals surface area contributed by atoms with Crippen LogP contribution in [0.2, 0.25) is 0 Å². The molecule has 0 fully saturated rings. The molecule has 0 aliphatic carbocycles. The molecule has 0 saturated heterocycles. The molecule has 2 heteroatoms. The van der Waals surface area contributed by atoms with Gasteiger partial charge < -0.3 is 10.1 Å². The highest BCUT2D eigenvalue weighted by atomic mass is 16.5. The lowest BCUT2D eigenvalue weighted by Crippen LogP contribution is -2.14. The third-order valence-corrected chi connectivity index (χ3v) is 2.17. The van der Waals surface area contributed by atoms with Gasteiger partial charge in [-0.2, -0.15) is 0 Å². The molecule has 0 aliphatic heterocycles. The lowest BCUT2D eigenvalue weighted by atomic mass is 10.2. The van der Waals surface area contributed by atoms with Gasteiger partial charge in [0.15, 0.2) is 0 Å². The summed E-state index contributed by atoms with van der Waals surface area (Å²) in [6.07, 6.45) is 4.64. The first-order valence-corrected chi connectivity index (χ1v) is 5.51. The molecule has 0 aliphatic rings. The molecule has 0 saturated carbocycles. The molecule has 0 bridgehead atoms. The zero-order valence-electron chi connectivity index (χ0n) is 9.61. The Hall–Kier alpha value is -1.54. The first kappa shape index (κ1) is 12.5. The zero-order chi connectivity index (χ0) is 11.6. The van der Waals surface area contributed by atoms with Crippen LogP contribution in [0.4, 0.5) is 0 Å². The summed E-state index contributed by atoms with van der Waals surface area (Å²) < 4.78 is 5.57. The van der Waals surface area contributed by atoms with Crippen molar-refractivity contribution in [2.45, 2.75) is 13.0 Å². The Morgan fingerprint density at radius 3 is 2.75 bits per heavy atom. The molecular formula is C14H19NO. The fourth-order valence-corrected chi connectivity index (χ4v) is 1.37. The van der Waals surface area contributed by atoms with E-state index < -0.39 is 0 Å². The van der Waals surface area contributed by atoms with Gasteiger partial charge in [-0.25, -0.2) is 0 Å². The van der Waals surface area contributed by atoms with Crippen molar-refractivity contribution in [2.75, 3.05) is 13.2 Å². The smallest absolute Gasteiger partial charge is 0.124 e. The molecule has 0 radical (unpaired) electrons. The van der Waals surface area contributed by atoms with Crippen molar-refractivity contribution in [2.24, 2.45) is 0 Å². The monoisotopic (exact) mass is 217 g/mol. The molecule has 0 spiro atoms. The van der Waals surface area contributed by atoms with Gasteiger partial charge in [-0.3, -0.25) is 0 Å². The predicted molar refractivity (Wildman–Crippen MR) is 68.7 cm³/mol. The number of hydrogen-bond donors (Lipinski definition) is 1. The van der Waals surface area contributed by atoms with Gasteiger partial charge in [0.1, 0.15) is 12.4 Å². The number of hydrogen-bond acceptors (Lipinski definition) is 2. The van der Waals surface area contributed by atoms with Gasteiger partial charge in [0, 0.05) is 12.1 Å². The second kappa shape index (κ2) is 7.71. The van der Waals surface area contributed by atoms with E-state index in [-0.39, 0.29) is 0 Å². The highest BCUT2D eigenvalue weighted by molar-refractivity contribution is 5.33. The van der Waals surface area contributed by atoms with Crippen LogP contribution in [0, 0.1) is 0 Å². The first-order valence-electron chi connectivity index (χ1n) is 5.51. The maximum atomic E-state index is 5.57. The van der Waals surface area contributed by atoms with Crippen molar-refractivity contribution in [3.8, 4) is 5.75 Å². The van der Waals surface area contributed by atoms with Gasteiger partial charge in [-0.15, -0.1) is 6.58 Å². The van der Waals surface area contributed by atoms with E-state index in [9.17, 15) is 0 Å². The summed E-state index contributed by atoms with van der Waals surface area (Å²) in [5, 5.41) is 3.34. The van der Waals surface area contributed by atoms with Crippen LogP contribution < -0.4 is 10.1 Å². The summed E-state index contributed by atoms with van der Waals surface area (Å²) in [4.78, 5) is 0. The van der Waals surface area contributed by atoms with Gasteiger partial charge >= 0.3 is 0 Å². The largest absolute Gasteiger partial charge is 0.489 e. The quantitative estimate of drug-likeness (QED) is 0.534. The van der Waals surface area contributed by atoms with Crippen LogP contribution in [-0.2, 0) is 6.54 Å². The minimum atomic E-state index is 0.545. The van der Waals surface area contributed by atoms with E-state index in [0.717, 1.165) is 25.3 Å². The lowest BCUT2D eigenvalue weighted by molar-refractivity contribution is 0.358. The molecule has 1 rings (SSSR count). The van der Waals surface area contributed by atoms with Crippen LogP contribution in [0.5, 0.6) is 5.75 Å². The normalized spacial score (nSPS) is 9.75. The topological polar surface area (TPSA) is 21.3 Å². The summed E-state index contributed by atoms with van der Waals surface area (Å²) in [6, 6.07) is 8.05. The van der Waals surface area contributed by atoms with E-state index in [4.69, 9.17) is 4.74 Å². The van der Waals surface area contributed by atoms with Crippen LogP contribution in [0.1, 0.15) is 12.0 Å². The number of ether oxygens (including phenoxy) is 1. The number of rotatable bonds is 8. The third kappa shape index (κ3) is 4.32. The van der Waals surface area contributed by atoms with E-state index in [0.29, 0.717) is 6.61 Å². The van der Waals surface area contributed by atoms with Crippen LogP contribution in [0.3, 0.4) is 0 Å². The summed E-state index contributed by atoms with van der Waals surface area (Å²) in [5.74, 6) is 0.925. The molecule has 0 aromatic heterocycles. The Morgan fingerprint density at radius 1 is 1.19 bits per heavy atom. The Morgan fingerprint density at radius 2 is 2.00 bits per heavy atom. The summed E-state index contributed by atoms with van der Waals surface area (Å²) in [5.41, 5.74) is 1.17. The average Bonchev–Trinajstić information content (AvgIpc) is 2.33. The minimum Gasteiger partial charge on any atom is -0.489 e. The standard InChI is InChI=1S/C14H19NO/c1-3-5-10-15-12-13-8-6-7-9-14(13)16-11-4-2/h3-4,6-9,15H,1-2,5,10-12H2. The highest BCUT2D eigenvalue weighted by Crippen LogP contribution is 2.17. The van der Waals surface area contributed by atoms with Crippen molar-refractivity contribution in [1.82, 2.24) is 5.32 Å². The second-order valence-electron chi connectivity index (χ2n) is 3.46. The van der Waals surface area contributed by atoms with Crippen molar-refractivity contribution in [3.63, 3.8) is 0 Å². The van der Waals surface area contributed by atoms with E-state index in [1.807, 2.05) is 24.3 Å². The lowest BCUT2D eigenvalue weighted by Gasteiger charge is -2.10. The molecule has 0 unspecified atom stereocenters. The van der Waals surface area contributed by atoms with Crippen molar-refractivity contribution in [3.05, 3.63) is 55.1 Å². The SMILES string of the molecule is C=CCCNCc1ccccc1OCC=C. The maximum absolute atomic E-state index is 5.57. The number of nitrogens with one attached hydrogen (secondary N) is 1. The number of benzene rings is 1. The zero-order valence-corrected chi connectivity index (χ0v) is 9.61. The van der Waals surface area contributed by atoms with Crippen LogP contribution in [-0.4, -0.2) is 13.2 Å². The maximum Gasteiger partial charge on any atom is 0.124 e. The second-order valence-corrected chi connectivity index (χ2v) is 3.46. The van der Waals surface area contributed by atoms with E-state index in [2.05, 4.69) is 24.5 Å². The molecule has 16 heavy (non-hydrogen) atoms. The summed E-state index contributed by atoms with van der Waals surface area (Å²) >= 11 is 0. The average molecular weight is 217 g/mol. The Kier molecular flexibility index (Phi) is 6.04. The molecule has 86 valence electrons. The predicted octanol–water partition coefficient (Wildman–Crippen LogP) is 2.92. The molecule has 1 N–H and O–H groups in total. The first-order chi connectivity index (χ1) is 7.88. The molecule has 0 atom stereocenters. The van der Waals surface area contributed by atoms with Crippen LogP contribution in [0.25, 0.3) is 0 Å². The Balaban J connectivity index is 2.49. The number of para-hydroxylation sites is 1. The van der Waals surface area contributed by atoms with Gasteiger partial charge in [-0.1, -0.05) is 36.9 Å². The fourth-order valence-electron chi connectivity index (χ4n) is 1.37. The van der Waals surface area contributed by atoms with Gasteiger partial charge in [-0.05, 0) is 19.0 Å². The van der Waals surface area contributed by atoms with E-state index in [1.165, 1.54) is 5.56 Å². The van der Waals surface area contributed by atoms with Crippen LogP contribution in [0.15, 0.2) is 49.6 Å². The fraction of sp³-hybridized carbons (Fsp3) is 0.286. The summed E-state index contributed by atoms with van der Waals surface area (Å²) in [7, 11) is 0. The molecule has 0 amide bonds. The Bertz CT molecular complexity index is 333. The molecule has 0 heterocycles. The molecule has 1 aromatic carbocycles. The molecule has 2 nitrogen and oxygen atoms in total. The molecular weight excluding hydrogens is 198 g/mol. The minimum absolute atomic E-state index is 0.545. The highest BCUT2D eigenvalue weighted by Gasteiger charge is 2.00. The van der Waals surface area contributed by atoms with E-state index in [1.54, 1.807) is 6.08 Å². The van der Waals surface area contributed by atoms with Crippen molar-refractivity contribution in [1.29, 1.82) is 0 Å². The van der Waals surface area contributed by atoms with Crippen LogP contribution >= 0.6 is 0 Å². The van der Waals surface area contributed by atoms with Gasteiger partial charge in [0.2, 0.25) is 0 Å². The van der Waals surface area contributed by atoms with Crippen molar-refractivity contribution >= 4 is 0 Å². The summed E-state index contributed by atoms with van der Waals surface area (Å²) in [6.45, 7) is 9.64. The third-order valence-electron chi connectivity index (χ3n) is 2.17. The van der Waals surface area contributed by atoms with E-state index >= 15 is 0 Å². The Labute approximate surface area is 97.6 Å². The van der Waals surface area contributed by atoms with Gasteiger partial charge in [0.25, 0.3) is 0 Å².